The predicted octanol–water partition coefficient (Wildman–Crippen LogP) is 3.76. The molecular formula is C26H36N4O4S. The zero-order valence-corrected chi connectivity index (χ0v) is 21.8. The van der Waals surface area contributed by atoms with Gasteiger partial charge in [-0.05, 0) is 82.9 Å². The molecule has 1 aromatic heterocycles. The van der Waals surface area contributed by atoms with Crippen molar-refractivity contribution >= 4 is 29.3 Å². The average molecular weight is 501 g/mol. The Labute approximate surface area is 211 Å². The lowest BCUT2D eigenvalue weighted by molar-refractivity contribution is -0.113. The van der Waals surface area contributed by atoms with Crippen LogP contribution in [0.15, 0.2) is 34.1 Å². The van der Waals surface area contributed by atoms with Crippen molar-refractivity contribution in [3.05, 3.63) is 51.6 Å². The van der Waals surface area contributed by atoms with E-state index >= 15 is 0 Å². The van der Waals surface area contributed by atoms with Gasteiger partial charge in [0.1, 0.15) is 5.03 Å². The van der Waals surface area contributed by atoms with Gasteiger partial charge in [0.25, 0.3) is 0 Å². The monoisotopic (exact) mass is 500 g/mol. The fourth-order valence-electron chi connectivity index (χ4n) is 4.33. The van der Waals surface area contributed by atoms with Crippen molar-refractivity contribution in [2.75, 3.05) is 37.3 Å². The molecule has 1 amide bonds. The summed E-state index contributed by atoms with van der Waals surface area (Å²) >= 11 is 1.32. The highest BCUT2D eigenvalue weighted by Gasteiger charge is 2.21. The summed E-state index contributed by atoms with van der Waals surface area (Å²) in [6.07, 6.45) is 4.82. The number of hydrogen-bond donors (Lipinski definition) is 1. The number of carbonyl (C=O) groups is 2. The molecule has 35 heavy (non-hydrogen) atoms. The number of rotatable bonds is 12. The molecule has 0 spiro atoms. The normalized spacial score (nSPS) is 12.9. The van der Waals surface area contributed by atoms with Crippen LogP contribution in [0.2, 0.25) is 0 Å². The van der Waals surface area contributed by atoms with Gasteiger partial charge in [-0.25, -0.2) is 9.59 Å². The molecule has 0 aliphatic heterocycles. The van der Waals surface area contributed by atoms with E-state index < -0.39 is 0 Å². The largest absolute Gasteiger partial charge is 0.462 e. The maximum absolute atomic E-state index is 12.9. The zero-order chi connectivity index (χ0) is 25.2. The van der Waals surface area contributed by atoms with E-state index in [4.69, 9.17) is 4.74 Å². The van der Waals surface area contributed by atoms with Crippen LogP contribution in [0.25, 0.3) is 0 Å². The summed E-state index contributed by atoms with van der Waals surface area (Å²) in [5.41, 5.74) is 3.03. The highest BCUT2D eigenvalue weighted by Crippen LogP contribution is 2.28. The van der Waals surface area contributed by atoms with Gasteiger partial charge in [-0.3, -0.25) is 9.36 Å². The Kier molecular flexibility index (Phi) is 10.3. The summed E-state index contributed by atoms with van der Waals surface area (Å²) in [7, 11) is 0. The van der Waals surface area contributed by atoms with Gasteiger partial charge in [0.2, 0.25) is 5.91 Å². The highest BCUT2D eigenvalue weighted by atomic mass is 32.2. The van der Waals surface area contributed by atoms with Gasteiger partial charge < -0.3 is 15.0 Å². The molecule has 1 aliphatic carbocycles. The van der Waals surface area contributed by atoms with E-state index in [1.54, 1.807) is 31.2 Å². The second kappa shape index (κ2) is 13.4. The minimum atomic E-state index is -0.389. The molecule has 1 heterocycles. The summed E-state index contributed by atoms with van der Waals surface area (Å²) in [5.74, 6) is -0.419. The second-order valence-corrected chi connectivity index (χ2v) is 9.46. The van der Waals surface area contributed by atoms with E-state index in [1.165, 1.54) is 11.8 Å². The Morgan fingerprint density at radius 1 is 1.11 bits per heavy atom. The van der Waals surface area contributed by atoms with Crippen LogP contribution in [0.1, 0.15) is 61.6 Å². The van der Waals surface area contributed by atoms with Crippen molar-refractivity contribution in [3.8, 4) is 0 Å². The molecule has 0 radical (unpaired) electrons. The molecule has 0 atom stereocenters. The fourth-order valence-corrected chi connectivity index (χ4v) is 5.20. The van der Waals surface area contributed by atoms with Crippen molar-refractivity contribution in [1.29, 1.82) is 0 Å². The van der Waals surface area contributed by atoms with Crippen LogP contribution in [0.5, 0.6) is 0 Å². The third kappa shape index (κ3) is 7.41. The van der Waals surface area contributed by atoms with Crippen LogP contribution >= 0.6 is 11.8 Å². The molecule has 190 valence electrons. The molecule has 1 aliphatic rings. The molecule has 1 aromatic carbocycles. The number of carbonyl (C=O) groups excluding carboxylic acids is 2. The first kappa shape index (κ1) is 26.9. The maximum atomic E-state index is 12.9. The summed E-state index contributed by atoms with van der Waals surface area (Å²) in [6, 6.07) is 6.60. The van der Waals surface area contributed by atoms with E-state index in [0.717, 1.165) is 63.0 Å². The Morgan fingerprint density at radius 3 is 2.51 bits per heavy atom. The third-order valence-corrected chi connectivity index (χ3v) is 7.24. The molecule has 0 bridgehead atoms. The summed E-state index contributed by atoms with van der Waals surface area (Å²) < 4.78 is 6.83. The number of aromatic nitrogens is 2. The van der Waals surface area contributed by atoms with E-state index in [2.05, 4.69) is 29.0 Å². The molecule has 0 saturated carbocycles. The van der Waals surface area contributed by atoms with Crippen molar-refractivity contribution in [1.82, 2.24) is 14.5 Å². The van der Waals surface area contributed by atoms with Crippen LogP contribution in [0, 0.1) is 0 Å². The number of esters is 1. The van der Waals surface area contributed by atoms with Crippen LogP contribution in [0.3, 0.4) is 0 Å². The number of anilines is 1. The highest BCUT2D eigenvalue weighted by molar-refractivity contribution is 8.00. The topological polar surface area (TPSA) is 93.5 Å². The standard InChI is InChI=1S/C26H36N4O4S/c1-4-29(5-2)16-9-17-30-22-11-8-7-10-21(22)24(28-26(30)33)35-18-23(31)27-20-14-12-19(13-15-20)25(32)34-6-3/h12-15H,4-11,16-18H2,1-3H3,(H,27,31). The van der Waals surface area contributed by atoms with Gasteiger partial charge in [0, 0.05) is 23.5 Å². The van der Waals surface area contributed by atoms with Crippen molar-refractivity contribution in [3.63, 3.8) is 0 Å². The number of thioether (sulfide) groups is 1. The number of amides is 1. The first-order valence-electron chi connectivity index (χ1n) is 12.5. The van der Waals surface area contributed by atoms with Crippen molar-refractivity contribution in [2.24, 2.45) is 0 Å². The molecule has 0 fully saturated rings. The number of nitrogens with one attached hydrogen (secondary N) is 1. The minimum Gasteiger partial charge on any atom is -0.462 e. The summed E-state index contributed by atoms with van der Waals surface area (Å²) in [4.78, 5) is 43.9. The van der Waals surface area contributed by atoms with Crippen LogP contribution in [-0.2, 0) is 28.9 Å². The molecule has 2 aromatic rings. The van der Waals surface area contributed by atoms with E-state index in [0.29, 0.717) is 29.4 Å². The van der Waals surface area contributed by atoms with E-state index in [-0.39, 0.29) is 23.3 Å². The zero-order valence-electron chi connectivity index (χ0n) is 21.0. The van der Waals surface area contributed by atoms with Gasteiger partial charge >= 0.3 is 11.7 Å². The molecular weight excluding hydrogens is 464 g/mol. The number of hydrogen-bond acceptors (Lipinski definition) is 7. The lowest BCUT2D eigenvalue weighted by Crippen LogP contribution is -2.32. The van der Waals surface area contributed by atoms with Gasteiger partial charge in [-0.1, -0.05) is 25.6 Å². The maximum Gasteiger partial charge on any atom is 0.348 e. The Bertz CT molecular complexity index is 1060. The predicted molar refractivity (Wildman–Crippen MR) is 139 cm³/mol. The van der Waals surface area contributed by atoms with Gasteiger partial charge in [-0.15, -0.1) is 0 Å². The van der Waals surface area contributed by atoms with E-state index in [9.17, 15) is 14.4 Å². The minimum absolute atomic E-state index is 0.157. The number of nitrogens with zero attached hydrogens (tertiary/aromatic N) is 3. The fraction of sp³-hybridized carbons (Fsp3) is 0.538. The molecule has 8 nitrogen and oxygen atoms in total. The number of ether oxygens (including phenoxy) is 1. The average Bonchev–Trinajstić information content (AvgIpc) is 2.87. The smallest absolute Gasteiger partial charge is 0.348 e. The Balaban J connectivity index is 1.63. The van der Waals surface area contributed by atoms with Crippen LogP contribution in [0.4, 0.5) is 5.69 Å². The van der Waals surface area contributed by atoms with Gasteiger partial charge in [0.15, 0.2) is 0 Å². The van der Waals surface area contributed by atoms with Crippen molar-refractivity contribution < 1.29 is 14.3 Å². The summed E-state index contributed by atoms with van der Waals surface area (Å²) in [5, 5.41) is 3.52. The van der Waals surface area contributed by atoms with Crippen LogP contribution in [-0.4, -0.2) is 58.3 Å². The van der Waals surface area contributed by atoms with Crippen LogP contribution < -0.4 is 11.0 Å². The molecule has 1 N–H and O–H groups in total. The molecule has 3 rings (SSSR count). The second-order valence-electron chi connectivity index (χ2n) is 8.50. The van der Waals surface area contributed by atoms with Gasteiger partial charge in [-0.2, -0.15) is 4.98 Å². The molecule has 9 heteroatoms. The molecule has 0 saturated heterocycles. The summed E-state index contributed by atoms with van der Waals surface area (Å²) in [6.45, 7) is 10.0. The first-order valence-corrected chi connectivity index (χ1v) is 13.5. The Hall–Kier alpha value is -2.65. The van der Waals surface area contributed by atoms with Gasteiger partial charge in [0.05, 0.1) is 17.9 Å². The Morgan fingerprint density at radius 2 is 1.83 bits per heavy atom. The lowest BCUT2D eigenvalue weighted by Gasteiger charge is -2.23. The third-order valence-electron chi connectivity index (χ3n) is 6.22. The molecule has 0 unspecified atom stereocenters. The SMILES string of the molecule is CCOC(=O)c1ccc(NC(=O)CSc2nc(=O)n(CCCN(CC)CC)c3c2CCCC3)cc1. The number of benzene rings is 1. The van der Waals surface area contributed by atoms with E-state index in [1.807, 2.05) is 4.57 Å². The lowest BCUT2D eigenvalue weighted by atomic mass is 9.97. The first-order chi connectivity index (χ1) is 17.0. The quantitative estimate of drug-likeness (QED) is 0.269. The van der Waals surface area contributed by atoms with Crippen molar-refractivity contribution in [2.45, 2.75) is 64.4 Å². The number of fused-ring (bicyclic) bond motifs is 1.